The average molecular weight is 373 g/mol. The molecule has 5 nitrogen and oxygen atoms in total. The number of nitrogens with zero attached hydrogens (tertiary/aromatic N) is 2. The molecule has 3 aromatic rings. The summed E-state index contributed by atoms with van der Waals surface area (Å²) in [6.45, 7) is 4.70. The molecule has 0 aliphatic carbocycles. The van der Waals surface area contributed by atoms with E-state index in [1.165, 1.54) is 5.56 Å². The number of anilines is 3. The normalized spacial score (nSPS) is 12.8. The molecule has 0 fully saturated rings. The SMILES string of the molecule is CC(C)Oc1ccc(Nc2cncc(C(=O)N3CCc4ccccc43)c2)cc1. The number of nitrogens with one attached hydrogen (secondary N) is 1. The summed E-state index contributed by atoms with van der Waals surface area (Å²) in [4.78, 5) is 19.1. The lowest BCUT2D eigenvalue weighted by molar-refractivity contribution is 0.0989. The molecule has 1 aliphatic heterocycles. The number of benzene rings is 2. The highest BCUT2D eigenvalue weighted by atomic mass is 16.5. The molecule has 1 aliphatic rings. The van der Waals surface area contributed by atoms with E-state index in [0.717, 1.165) is 29.2 Å². The van der Waals surface area contributed by atoms with E-state index in [0.29, 0.717) is 12.1 Å². The zero-order valence-corrected chi connectivity index (χ0v) is 16.1. The standard InChI is InChI=1S/C23H23N3O2/c1-16(2)28-21-9-7-19(8-10-21)25-20-13-18(14-24-15-20)23(27)26-12-11-17-5-3-4-6-22(17)26/h3-10,13-16,25H,11-12H2,1-2H3. The molecule has 28 heavy (non-hydrogen) atoms. The molecule has 0 spiro atoms. The first-order chi connectivity index (χ1) is 13.6. The van der Waals surface area contributed by atoms with Crippen molar-refractivity contribution < 1.29 is 9.53 Å². The van der Waals surface area contributed by atoms with Gasteiger partial charge in [0, 0.05) is 24.1 Å². The van der Waals surface area contributed by atoms with Gasteiger partial charge in [-0.2, -0.15) is 0 Å². The van der Waals surface area contributed by atoms with Crippen molar-refractivity contribution in [2.24, 2.45) is 0 Å². The molecule has 0 bridgehead atoms. The number of carbonyl (C=O) groups excluding carboxylic acids is 1. The largest absolute Gasteiger partial charge is 0.491 e. The van der Waals surface area contributed by atoms with Gasteiger partial charge in [-0.1, -0.05) is 18.2 Å². The first kappa shape index (κ1) is 18.0. The van der Waals surface area contributed by atoms with E-state index in [1.807, 2.05) is 67.3 Å². The molecule has 1 aromatic heterocycles. The first-order valence-electron chi connectivity index (χ1n) is 9.49. The molecule has 142 valence electrons. The van der Waals surface area contributed by atoms with Crippen LogP contribution in [0.3, 0.4) is 0 Å². The minimum absolute atomic E-state index is 0.0261. The van der Waals surface area contributed by atoms with Crippen molar-refractivity contribution in [3.63, 3.8) is 0 Å². The van der Waals surface area contributed by atoms with Gasteiger partial charge in [0.15, 0.2) is 0 Å². The average Bonchev–Trinajstić information content (AvgIpc) is 3.13. The third-order valence-electron chi connectivity index (χ3n) is 4.63. The second-order valence-electron chi connectivity index (χ2n) is 7.11. The highest BCUT2D eigenvalue weighted by molar-refractivity contribution is 6.07. The monoisotopic (exact) mass is 373 g/mol. The second kappa shape index (κ2) is 7.72. The van der Waals surface area contributed by atoms with Gasteiger partial charge in [0.25, 0.3) is 5.91 Å². The second-order valence-corrected chi connectivity index (χ2v) is 7.11. The number of para-hydroxylation sites is 1. The van der Waals surface area contributed by atoms with E-state index in [-0.39, 0.29) is 12.0 Å². The Labute approximate surface area is 165 Å². The first-order valence-corrected chi connectivity index (χ1v) is 9.49. The third-order valence-corrected chi connectivity index (χ3v) is 4.63. The molecule has 4 rings (SSSR count). The lowest BCUT2D eigenvalue weighted by atomic mass is 10.2. The van der Waals surface area contributed by atoms with Gasteiger partial charge in [0.1, 0.15) is 5.75 Å². The fourth-order valence-corrected chi connectivity index (χ4v) is 3.39. The van der Waals surface area contributed by atoms with Gasteiger partial charge in [0.2, 0.25) is 0 Å². The molecule has 0 unspecified atom stereocenters. The molecular weight excluding hydrogens is 350 g/mol. The molecule has 2 heterocycles. The zero-order chi connectivity index (χ0) is 19.5. The van der Waals surface area contributed by atoms with Crippen LogP contribution in [0.2, 0.25) is 0 Å². The maximum Gasteiger partial charge on any atom is 0.259 e. The van der Waals surface area contributed by atoms with Crippen LogP contribution in [0, 0.1) is 0 Å². The van der Waals surface area contributed by atoms with Crippen molar-refractivity contribution in [3.05, 3.63) is 78.1 Å². The maximum absolute atomic E-state index is 13.0. The van der Waals surface area contributed by atoms with E-state index < -0.39 is 0 Å². The van der Waals surface area contributed by atoms with Crippen LogP contribution in [0.5, 0.6) is 5.75 Å². The number of hydrogen-bond donors (Lipinski definition) is 1. The fourth-order valence-electron chi connectivity index (χ4n) is 3.39. The Balaban J connectivity index is 1.50. The molecule has 0 saturated carbocycles. The smallest absolute Gasteiger partial charge is 0.259 e. The lowest BCUT2D eigenvalue weighted by Gasteiger charge is -2.17. The molecule has 2 aromatic carbocycles. The van der Waals surface area contributed by atoms with Gasteiger partial charge in [0.05, 0.1) is 23.6 Å². The summed E-state index contributed by atoms with van der Waals surface area (Å²) in [5.41, 5.74) is 4.46. The van der Waals surface area contributed by atoms with Gasteiger partial charge in [-0.25, -0.2) is 0 Å². The van der Waals surface area contributed by atoms with Crippen LogP contribution in [-0.2, 0) is 6.42 Å². The number of aromatic nitrogens is 1. The molecule has 1 N–H and O–H groups in total. The van der Waals surface area contributed by atoms with Gasteiger partial charge >= 0.3 is 0 Å². The summed E-state index contributed by atoms with van der Waals surface area (Å²) >= 11 is 0. The number of carbonyl (C=O) groups is 1. The summed E-state index contributed by atoms with van der Waals surface area (Å²) < 4.78 is 5.67. The number of ether oxygens (including phenoxy) is 1. The van der Waals surface area contributed by atoms with Crippen LogP contribution in [0.25, 0.3) is 0 Å². The van der Waals surface area contributed by atoms with Gasteiger partial charge in [-0.3, -0.25) is 9.78 Å². The Morgan fingerprint density at radius 1 is 1.07 bits per heavy atom. The predicted octanol–water partition coefficient (Wildman–Crippen LogP) is 4.82. The van der Waals surface area contributed by atoms with Crippen LogP contribution in [0.4, 0.5) is 17.1 Å². The highest BCUT2D eigenvalue weighted by Crippen LogP contribution is 2.29. The Kier molecular flexibility index (Phi) is 4.98. The topological polar surface area (TPSA) is 54.5 Å². The summed E-state index contributed by atoms with van der Waals surface area (Å²) in [6.07, 6.45) is 4.36. The van der Waals surface area contributed by atoms with E-state index >= 15 is 0 Å². The van der Waals surface area contributed by atoms with Crippen molar-refractivity contribution in [1.82, 2.24) is 4.98 Å². The van der Waals surface area contributed by atoms with E-state index in [2.05, 4.69) is 16.4 Å². The van der Waals surface area contributed by atoms with Gasteiger partial charge in [-0.15, -0.1) is 0 Å². The highest BCUT2D eigenvalue weighted by Gasteiger charge is 2.25. The van der Waals surface area contributed by atoms with E-state index in [1.54, 1.807) is 12.4 Å². The number of rotatable bonds is 5. The lowest BCUT2D eigenvalue weighted by Crippen LogP contribution is -2.29. The Morgan fingerprint density at radius 2 is 1.86 bits per heavy atom. The van der Waals surface area contributed by atoms with Crippen molar-refractivity contribution in [3.8, 4) is 5.75 Å². The minimum atomic E-state index is -0.0261. The summed E-state index contributed by atoms with van der Waals surface area (Å²) in [6, 6.07) is 17.6. The van der Waals surface area contributed by atoms with Crippen LogP contribution >= 0.6 is 0 Å². The molecular formula is C23H23N3O2. The number of hydrogen-bond acceptors (Lipinski definition) is 4. The van der Waals surface area contributed by atoms with E-state index in [4.69, 9.17) is 4.74 Å². The van der Waals surface area contributed by atoms with Crippen molar-refractivity contribution in [2.75, 3.05) is 16.8 Å². The molecule has 5 heteroatoms. The Hall–Kier alpha value is -3.34. The van der Waals surface area contributed by atoms with Gasteiger partial charge < -0.3 is 15.0 Å². The van der Waals surface area contributed by atoms with Crippen LogP contribution < -0.4 is 15.0 Å². The molecule has 1 amide bonds. The minimum Gasteiger partial charge on any atom is -0.491 e. The van der Waals surface area contributed by atoms with Crippen LogP contribution in [0.15, 0.2) is 67.0 Å². The molecule has 0 radical (unpaired) electrons. The third kappa shape index (κ3) is 3.83. The van der Waals surface area contributed by atoms with Crippen molar-refractivity contribution >= 4 is 23.0 Å². The zero-order valence-electron chi connectivity index (χ0n) is 16.1. The number of amides is 1. The number of fused-ring (bicyclic) bond motifs is 1. The Bertz CT molecular complexity index is 983. The molecule has 0 atom stereocenters. The fraction of sp³-hybridized carbons (Fsp3) is 0.217. The van der Waals surface area contributed by atoms with Gasteiger partial charge in [-0.05, 0) is 62.2 Å². The maximum atomic E-state index is 13.0. The predicted molar refractivity (Wildman–Crippen MR) is 112 cm³/mol. The summed E-state index contributed by atoms with van der Waals surface area (Å²) in [7, 11) is 0. The van der Waals surface area contributed by atoms with Crippen molar-refractivity contribution in [1.29, 1.82) is 0 Å². The molecule has 0 saturated heterocycles. The quantitative estimate of drug-likeness (QED) is 0.697. The Morgan fingerprint density at radius 3 is 2.64 bits per heavy atom. The summed E-state index contributed by atoms with van der Waals surface area (Å²) in [5.74, 6) is 0.803. The number of pyridine rings is 1. The van der Waals surface area contributed by atoms with Crippen molar-refractivity contribution in [2.45, 2.75) is 26.4 Å². The van der Waals surface area contributed by atoms with Crippen LogP contribution in [0.1, 0.15) is 29.8 Å². The van der Waals surface area contributed by atoms with Crippen LogP contribution in [-0.4, -0.2) is 23.5 Å². The summed E-state index contributed by atoms with van der Waals surface area (Å²) in [5, 5.41) is 3.30. The van der Waals surface area contributed by atoms with E-state index in [9.17, 15) is 4.79 Å².